The van der Waals surface area contributed by atoms with Crippen molar-refractivity contribution >= 4 is 18.0 Å². The molecule has 11 heavy (non-hydrogen) atoms. The molecule has 0 aliphatic rings. The van der Waals surface area contributed by atoms with Crippen molar-refractivity contribution in [3.05, 3.63) is 0 Å². The Morgan fingerprint density at radius 1 is 1.27 bits per heavy atom. The molecule has 0 saturated carbocycles. The monoisotopic (exact) mass is 206 g/mol. The molecule has 0 atom stereocenters. The Morgan fingerprint density at radius 3 is 1.73 bits per heavy atom. The van der Waals surface area contributed by atoms with Gasteiger partial charge in [-0.3, -0.25) is 0 Å². The lowest BCUT2D eigenvalue weighted by atomic mass is 10.6. The van der Waals surface area contributed by atoms with E-state index in [0.717, 1.165) is 0 Å². The maximum absolute atomic E-state index is 11.6. The largest absolute Gasteiger partial charge is 0.490 e. The van der Waals surface area contributed by atoms with E-state index in [0.29, 0.717) is 0 Å². The fraction of sp³-hybridized carbons (Fsp3) is 1.00. The van der Waals surface area contributed by atoms with Crippen LogP contribution in [0.5, 0.6) is 0 Å². The van der Waals surface area contributed by atoms with E-state index < -0.39 is 23.5 Å². The molecule has 0 heterocycles. The molecule has 0 N–H and O–H groups in total. The van der Waals surface area contributed by atoms with Gasteiger partial charge >= 0.3 is 5.51 Å². The Balaban J connectivity index is 4.51. The maximum Gasteiger partial charge on any atom is 0.490 e. The van der Waals surface area contributed by atoms with Gasteiger partial charge in [-0.25, -0.2) is 8.42 Å². The summed E-state index contributed by atoms with van der Waals surface area (Å²) in [6, 6.07) is 0. The SMILES string of the molecule is CC(C)[SiH2]S(=O)(=O)C(F)(F)F. The standard InChI is InChI=1S/C4H9F3O2SSi/c1-3(2)11-10(8,9)4(5,6)7/h3H,11H2,1-2H3. The van der Waals surface area contributed by atoms with Gasteiger partial charge in [0.15, 0.2) is 8.67 Å². The van der Waals surface area contributed by atoms with Crippen LogP contribution in [0, 0.1) is 0 Å². The molecule has 0 aromatic carbocycles. The van der Waals surface area contributed by atoms with Crippen LogP contribution in [-0.2, 0) is 9.29 Å². The third kappa shape index (κ3) is 3.24. The summed E-state index contributed by atoms with van der Waals surface area (Å²) in [5.74, 6) is 0. The van der Waals surface area contributed by atoms with Gasteiger partial charge in [-0.05, 0) is 5.54 Å². The van der Waals surface area contributed by atoms with Crippen LogP contribution >= 0.6 is 0 Å². The van der Waals surface area contributed by atoms with Crippen LogP contribution in [0.1, 0.15) is 13.8 Å². The number of halogens is 3. The molecule has 0 fully saturated rings. The highest BCUT2D eigenvalue weighted by Gasteiger charge is 2.44. The first-order chi connectivity index (χ1) is 4.67. The molecule has 0 amide bonds. The van der Waals surface area contributed by atoms with Gasteiger partial charge in [-0.15, -0.1) is 0 Å². The van der Waals surface area contributed by atoms with Gasteiger partial charge in [-0.2, -0.15) is 13.2 Å². The maximum atomic E-state index is 11.6. The van der Waals surface area contributed by atoms with Gasteiger partial charge in [0.05, 0.1) is 0 Å². The Bertz CT molecular complexity index is 218. The second-order valence-corrected chi connectivity index (χ2v) is 9.56. The fourth-order valence-corrected chi connectivity index (χ4v) is 4.80. The normalized spacial score (nSPS) is 15.1. The van der Waals surface area contributed by atoms with Crippen molar-refractivity contribution in [3.63, 3.8) is 0 Å². The van der Waals surface area contributed by atoms with Crippen LogP contribution in [0.4, 0.5) is 13.2 Å². The van der Waals surface area contributed by atoms with Crippen molar-refractivity contribution in [2.45, 2.75) is 24.9 Å². The van der Waals surface area contributed by atoms with Crippen molar-refractivity contribution in [1.29, 1.82) is 0 Å². The number of rotatable bonds is 2. The lowest BCUT2D eigenvalue weighted by Crippen LogP contribution is -2.29. The summed E-state index contributed by atoms with van der Waals surface area (Å²) in [6.07, 6.45) is 0. The van der Waals surface area contributed by atoms with Crippen LogP contribution < -0.4 is 0 Å². The summed E-state index contributed by atoms with van der Waals surface area (Å²) >= 11 is 0. The van der Waals surface area contributed by atoms with Crippen molar-refractivity contribution in [2.24, 2.45) is 0 Å². The van der Waals surface area contributed by atoms with Crippen LogP contribution in [-0.4, -0.2) is 22.6 Å². The zero-order valence-corrected chi connectivity index (χ0v) is 8.37. The van der Waals surface area contributed by atoms with E-state index in [1.54, 1.807) is 0 Å². The third-order valence-corrected chi connectivity index (χ3v) is 7.01. The minimum absolute atomic E-state index is 0.360. The minimum Gasteiger partial charge on any atom is -0.228 e. The molecule has 0 aliphatic carbocycles. The van der Waals surface area contributed by atoms with Crippen molar-refractivity contribution < 1.29 is 21.6 Å². The summed E-state index contributed by atoms with van der Waals surface area (Å²) < 4.78 is 55.7. The Hall–Kier alpha value is -0.0431. The molecule has 0 bridgehead atoms. The molecule has 0 saturated heterocycles. The van der Waals surface area contributed by atoms with Crippen molar-refractivity contribution in [1.82, 2.24) is 0 Å². The van der Waals surface area contributed by atoms with Gasteiger partial charge in [0.1, 0.15) is 0 Å². The molecular formula is C4H9F3O2SSi. The molecular weight excluding hydrogens is 197 g/mol. The lowest BCUT2D eigenvalue weighted by Gasteiger charge is -2.08. The zero-order valence-electron chi connectivity index (χ0n) is 6.14. The van der Waals surface area contributed by atoms with Gasteiger partial charge in [-0.1, -0.05) is 13.8 Å². The number of hydrogen-bond donors (Lipinski definition) is 0. The third-order valence-electron chi connectivity index (χ3n) is 0.905. The van der Waals surface area contributed by atoms with E-state index in [-0.39, 0.29) is 5.54 Å². The molecule has 68 valence electrons. The topological polar surface area (TPSA) is 34.1 Å². The Morgan fingerprint density at radius 2 is 1.64 bits per heavy atom. The first-order valence-electron chi connectivity index (χ1n) is 2.96. The molecule has 0 rings (SSSR count). The van der Waals surface area contributed by atoms with Crippen molar-refractivity contribution in [3.8, 4) is 0 Å². The summed E-state index contributed by atoms with van der Waals surface area (Å²) in [6.45, 7) is 2.96. The van der Waals surface area contributed by atoms with E-state index >= 15 is 0 Å². The first-order valence-corrected chi connectivity index (χ1v) is 7.16. The summed E-state index contributed by atoms with van der Waals surface area (Å²) in [5, 5.41) is 0. The van der Waals surface area contributed by atoms with Gasteiger partial charge < -0.3 is 0 Å². The quantitative estimate of drug-likeness (QED) is 0.627. The summed E-state index contributed by atoms with van der Waals surface area (Å²) in [4.78, 5) is 0. The van der Waals surface area contributed by atoms with Crippen LogP contribution in [0.3, 0.4) is 0 Å². The molecule has 2 nitrogen and oxygen atoms in total. The number of hydrogen-bond acceptors (Lipinski definition) is 2. The Labute approximate surface area is 65.2 Å². The molecule has 0 aromatic heterocycles. The second kappa shape index (κ2) is 3.14. The predicted octanol–water partition coefficient (Wildman–Crippen LogP) is 0.833. The van der Waals surface area contributed by atoms with E-state index in [1.807, 2.05) is 0 Å². The molecule has 0 aromatic rings. The highest BCUT2D eigenvalue weighted by molar-refractivity contribution is 8.16. The highest BCUT2D eigenvalue weighted by atomic mass is 32.4. The average Bonchev–Trinajstić information content (AvgIpc) is 1.56. The van der Waals surface area contributed by atoms with Crippen molar-refractivity contribution in [2.75, 3.05) is 0 Å². The molecule has 7 heteroatoms. The minimum atomic E-state index is -5.04. The van der Waals surface area contributed by atoms with Gasteiger partial charge in [0.25, 0.3) is 0 Å². The van der Waals surface area contributed by atoms with E-state index in [9.17, 15) is 21.6 Å². The molecule has 0 spiro atoms. The Kier molecular flexibility index (Phi) is 3.12. The fourth-order valence-electron chi connectivity index (χ4n) is 0.533. The van der Waals surface area contributed by atoms with E-state index in [1.165, 1.54) is 13.8 Å². The smallest absolute Gasteiger partial charge is 0.228 e. The van der Waals surface area contributed by atoms with E-state index in [2.05, 4.69) is 0 Å². The molecule has 0 unspecified atom stereocenters. The molecule has 0 aliphatic heterocycles. The van der Waals surface area contributed by atoms with Crippen LogP contribution in [0.15, 0.2) is 0 Å². The first kappa shape index (κ1) is 11.0. The highest BCUT2D eigenvalue weighted by Crippen LogP contribution is 2.24. The van der Waals surface area contributed by atoms with E-state index in [4.69, 9.17) is 0 Å². The summed E-state index contributed by atoms with van der Waals surface area (Å²) in [5.41, 5.74) is -5.40. The van der Waals surface area contributed by atoms with Gasteiger partial charge in [0.2, 0.25) is 9.29 Å². The zero-order chi connectivity index (χ0) is 9.28. The summed E-state index contributed by atoms with van der Waals surface area (Å²) in [7, 11) is -6.84. The lowest BCUT2D eigenvalue weighted by molar-refractivity contribution is -0.0414. The second-order valence-electron chi connectivity index (χ2n) is 2.62. The number of alkyl halides is 3. The van der Waals surface area contributed by atoms with Crippen LogP contribution in [0.25, 0.3) is 0 Å². The van der Waals surface area contributed by atoms with Crippen LogP contribution in [0.2, 0.25) is 5.54 Å². The molecule has 0 radical (unpaired) electrons. The average molecular weight is 206 g/mol. The van der Waals surface area contributed by atoms with Gasteiger partial charge in [0, 0.05) is 0 Å². The predicted molar refractivity (Wildman–Crippen MR) is 38.6 cm³/mol.